The summed E-state index contributed by atoms with van der Waals surface area (Å²) in [7, 11) is 0. The Labute approximate surface area is 176 Å². The molecule has 1 amide bonds. The van der Waals surface area contributed by atoms with Crippen LogP contribution in [0.4, 0.5) is 5.69 Å². The van der Waals surface area contributed by atoms with Crippen LogP contribution in [0.25, 0.3) is 0 Å². The fourth-order valence-electron chi connectivity index (χ4n) is 2.87. The fraction of sp³-hybridized carbons (Fsp3) is 0.208. The van der Waals surface area contributed by atoms with Crippen LogP contribution < -0.4 is 15.4 Å². The fourth-order valence-corrected chi connectivity index (χ4v) is 3.00. The van der Waals surface area contributed by atoms with E-state index in [1.807, 2.05) is 79.7 Å². The van der Waals surface area contributed by atoms with Crippen LogP contribution in [-0.4, -0.2) is 19.1 Å². The smallest absolute Gasteiger partial charge is 0.262 e. The van der Waals surface area contributed by atoms with Gasteiger partial charge in [0.25, 0.3) is 5.91 Å². The van der Waals surface area contributed by atoms with Crippen LogP contribution in [0.1, 0.15) is 16.7 Å². The van der Waals surface area contributed by atoms with Crippen molar-refractivity contribution in [3.8, 4) is 5.75 Å². The van der Waals surface area contributed by atoms with Gasteiger partial charge in [-0.1, -0.05) is 59.6 Å². The van der Waals surface area contributed by atoms with Gasteiger partial charge < -0.3 is 15.4 Å². The van der Waals surface area contributed by atoms with E-state index in [-0.39, 0.29) is 12.5 Å². The van der Waals surface area contributed by atoms with Crippen molar-refractivity contribution in [2.24, 2.45) is 0 Å². The van der Waals surface area contributed by atoms with Crippen LogP contribution in [0.2, 0.25) is 5.02 Å². The first-order valence-electron chi connectivity index (χ1n) is 9.62. The van der Waals surface area contributed by atoms with Gasteiger partial charge in [-0.3, -0.25) is 4.79 Å². The number of para-hydroxylation sites is 1. The van der Waals surface area contributed by atoms with E-state index in [2.05, 4.69) is 10.6 Å². The Morgan fingerprint density at radius 1 is 0.966 bits per heavy atom. The van der Waals surface area contributed by atoms with E-state index in [1.165, 1.54) is 5.56 Å². The predicted molar refractivity (Wildman–Crippen MR) is 119 cm³/mol. The molecule has 0 aliphatic heterocycles. The van der Waals surface area contributed by atoms with E-state index in [0.717, 1.165) is 34.8 Å². The van der Waals surface area contributed by atoms with Crippen LogP contribution in [0.5, 0.6) is 5.75 Å². The maximum atomic E-state index is 12.2. The second-order valence-corrected chi connectivity index (χ2v) is 7.30. The first kappa shape index (κ1) is 20.9. The Bertz CT molecular complexity index is 924. The van der Waals surface area contributed by atoms with Crippen molar-refractivity contribution in [3.05, 3.63) is 94.5 Å². The first-order valence-corrected chi connectivity index (χ1v) is 10.0. The molecule has 0 aliphatic rings. The van der Waals surface area contributed by atoms with Gasteiger partial charge in [0.05, 0.1) is 0 Å². The molecular formula is C24H25ClN2O2. The third-order valence-corrected chi connectivity index (χ3v) is 4.74. The van der Waals surface area contributed by atoms with E-state index in [1.54, 1.807) is 0 Å². The quantitative estimate of drug-likeness (QED) is 0.490. The zero-order valence-electron chi connectivity index (χ0n) is 16.5. The van der Waals surface area contributed by atoms with Crippen LogP contribution in [-0.2, 0) is 17.8 Å². The second-order valence-electron chi connectivity index (χ2n) is 6.86. The zero-order chi connectivity index (χ0) is 20.5. The molecule has 5 heteroatoms. The summed E-state index contributed by atoms with van der Waals surface area (Å²) in [5, 5.41) is 7.02. The van der Waals surface area contributed by atoms with Gasteiger partial charge in [0, 0.05) is 22.8 Å². The summed E-state index contributed by atoms with van der Waals surface area (Å²) in [6, 6.07) is 23.3. The molecule has 0 aromatic heterocycles. The average molecular weight is 409 g/mol. The number of carbonyl (C=O) groups excluding carboxylic acids is 1. The minimum Gasteiger partial charge on any atom is -0.483 e. The Morgan fingerprint density at radius 2 is 1.69 bits per heavy atom. The van der Waals surface area contributed by atoms with Crippen LogP contribution in [0.3, 0.4) is 0 Å². The highest BCUT2D eigenvalue weighted by Gasteiger charge is 2.07. The summed E-state index contributed by atoms with van der Waals surface area (Å²) < 4.78 is 5.76. The summed E-state index contributed by atoms with van der Waals surface area (Å²) in [5.41, 5.74) is 4.17. The lowest BCUT2D eigenvalue weighted by molar-refractivity contribution is -0.118. The lowest BCUT2D eigenvalue weighted by Gasteiger charge is -2.12. The molecule has 0 saturated heterocycles. The molecule has 3 aromatic rings. The largest absolute Gasteiger partial charge is 0.483 e. The van der Waals surface area contributed by atoms with E-state index < -0.39 is 0 Å². The summed E-state index contributed by atoms with van der Waals surface area (Å²) in [6.45, 7) is 3.48. The normalized spacial score (nSPS) is 10.6. The number of hydrogen-bond acceptors (Lipinski definition) is 3. The molecule has 0 aliphatic carbocycles. The first-order chi connectivity index (χ1) is 14.1. The highest BCUT2D eigenvalue weighted by Crippen LogP contribution is 2.18. The Kier molecular flexibility index (Phi) is 7.68. The van der Waals surface area contributed by atoms with E-state index in [4.69, 9.17) is 16.3 Å². The monoisotopic (exact) mass is 408 g/mol. The third kappa shape index (κ3) is 6.93. The van der Waals surface area contributed by atoms with Gasteiger partial charge in [0.2, 0.25) is 0 Å². The predicted octanol–water partition coefficient (Wildman–Crippen LogP) is 5.00. The van der Waals surface area contributed by atoms with Crippen LogP contribution in [0, 0.1) is 6.92 Å². The van der Waals surface area contributed by atoms with Gasteiger partial charge in [-0.15, -0.1) is 0 Å². The third-order valence-electron chi connectivity index (χ3n) is 4.49. The van der Waals surface area contributed by atoms with Gasteiger partial charge >= 0.3 is 0 Å². The molecule has 3 aromatic carbocycles. The number of anilines is 1. The minimum absolute atomic E-state index is 0.0321. The summed E-state index contributed by atoms with van der Waals surface area (Å²) in [4.78, 5) is 12.2. The number of aryl methyl sites for hydroxylation is 1. The number of nitrogens with one attached hydrogen (secondary N) is 2. The molecule has 0 fully saturated rings. The Morgan fingerprint density at radius 3 is 2.45 bits per heavy atom. The van der Waals surface area contributed by atoms with Gasteiger partial charge in [-0.25, -0.2) is 0 Å². The van der Waals surface area contributed by atoms with E-state index in [0.29, 0.717) is 12.3 Å². The van der Waals surface area contributed by atoms with Crippen LogP contribution in [0.15, 0.2) is 72.8 Å². The number of halogens is 1. The molecule has 0 spiro atoms. The van der Waals surface area contributed by atoms with Gasteiger partial charge in [-0.2, -0.15) is 0 Å². The Hall–Kier alpha value is -2.82. The maximum absolute atomic E-state index is 12.2. The number of ether oxygens (including phenoxy) is 1. The van der Waals surface area contributed by atoms with E-state index >= 15 is 0 Å². The molecular weight excluding hydrogens is 384 g/mol. The van der Waals surface area contributed by atoms with Crippen molar-refractivity contribution in [1.29, 1.82) is 0 Å². The van der Waals surface area contributed by atoms with Crippen molar-refractivity contribution >= 4 is 23.2 Å². The molecule has 2 N–H and O–H groups in total. The molecule has 4 nitrogen and oxygen atoms in total. The highest BCUT2D eigenvalue weighted by molar-refractivity contribution is 6.30. The standard InChI is InChI=1S/C24H25ClN2O2/c1-18-6-12-22(13-7-18)27-24(28)17-29-23-5-3-2-4-20(23)16-26-15-14-19-8-10-21(25)11-9-19/h2-13,26H,14-17H2,1H3,(H,27,28). The second kappa shape index (κ2) is 10.6. The maximum Gasteiger partial charge on any atom is 0.262 e. The molecule has 0 radical (unpaired) electrons. The molecule has 150 valence electrons. The zero-order valence-corrected chi connectivity index (χ0v) is 17.2. The van der Waals surface area contributed by atoms with Crippen molar-refractivity contribution in [2.75, 3.05) is 18.5 Å². The van der Waals surface area contributed by atoms with E-state index in [9.17, 15) is 4.79 Å². The molecule has 0 saturated carbocycles. The molecule has 0 unspecified atom stereocenters. The van der Waals surface area contributed by atoms with Gasteiger partial charge in [0.15, 0.2) is 6.61 Å². The lowest BCUT2D eigenvalue weighted by Crippen LogP contribution is -2.21. The number of rotatable bonds is 9. The van der Waals surface area contributed by atoms with Crippen molar-refractivity contribution in [1.82, 2.24) is 5.32 Å². The van der Waals surface area contributed by atoms with Crippen molar-refractivity contribution in [2.45, 2.75) is 19.9 Å². The minimum atomic E-state index is -0.181. The summed E-state index contributed by atoms with van der Waals surface area (Å²) in [5.74, 6) is 0.532. The number of hydrogen-bond donors (Lipinski definition) is 2. The number of benzene rings is 3. The molecule has 0 atom stereocenters. The molecule has 0 bridgehead atoms. The van der Waals surface area contributed by atoms with Crippen LogP contribution >= 0.6 is 11.6 Å². The van der Waals surface area contributed by atoms with Gasteiger partial charge in [0.1, 0.15) is 5.75 Å². The SMILES string of the molecule is Cc1ccc(NC(=O)COc2ccccc2CNCCc2ccc(Cl)cc2)cc1. The van der Waals surface area contributed by atoms with Crippen molar-refractivity contribution < 1.29 is 9.53 Å². The lowest BCUT2D eigenvalue weighted by atomic mass is 10.1. The number of amides is 1. The topological polar surface area (TPSA) is 50.4 Å². The van der Waals surface area contributed by atoms with Crippen molar-refractivity contribution in [3.63, 3.8) is 0 Å². The number of carbonyl (C=O) groups is 1. The summed E-state index contributed by atoms with van der Waals surface area (Å²) in [6.07, 6.45) is 0.916. The van der Waals surface area contributed by atoms with Gasteiger partial charge in [-0.05, 0) is 55.8 Å². The Balaban J connectivity index is 1.46. The molecule has 3 rings (SSSR count). The molecule has 29 heavy (non-hydrogen) atoms. The average Bonchev–Trinajstić information content (AvgIpc) is 2.73. The highest BCUT2D eigenvalue weighted by atomic mass is 35.5. The summed E-state index contributed by atoms with van der Waals surface area (Å²) >= 11 is 5.92. The molecule has 0 heterocycles.